The van der Waals surface area contributed by atoms with E-state index < -0.39 is 0 Å². The van der Waals surface area contributed by atoms with Crippen LogP contribution >= 0.6 is 0 Å². The molecule has 0 aliphatic carbocycles. The standard InChI is InChI=1S/C32H41N3O4/c1-23-26(20-31(38)30-11-10-25(22-34-30)21-33-14-18-36)6-3-7-28(23)29-8-4-9-32(24(29)2)39-19-5-15-35-16-12-27(37)13-17-35/h3-4,6-11,22,27,33,36-37H,5,12-21H2,1-2H3. The summed E-state index contributed by atoms with van der Waals surface area (Å²) in [5.74, 6) is 0.877. The molecular formula is C32H41N3O4. The van der Waals surface area contributed by atoms with E-state index in [1.54, 1.807) is 12.3 Å². The Bertz CT molecular complexity index is 1220. The average molecular weight is 532 g/mol. The number of piperidine rings is 1. The number of hydrogen-bond donors (Lipinski definition) is 3. The minimum Gasteiger partial charge on any atom is -0.493 e. The Morgan fingerprint density at radius 3 is 2.51 bits per heavy atom. The molecule has 1 aromatic heterocycles. The van der Waals surface area contributed by atoms with Crippen molar-refractivity contribution in [1.82, 2.24) is 15.2 Å². The van der Waals surface area contributed by atoms with Gasteiger partial charge in [-0.15, -0.1) is 0 Å². The second-order valence-electron chi connectivity index (χ2n) is 10.3. The second kappa shape index (κ2) is 14.3. The second-order valence-corrected chi connectivity index (χ2v) is 10.3. The lowest BCUT2D eigenvalue weighted by Gasteiger charge is -2.29. The molecule has 1 saturated heterocycles. The number of aromatic nitrogens is 1. The van der Waals surface area contributed by atoms with E-state index in [0.29, 0.717) is 25.4 Å². The molecule has 0 amide bonds. The Balaban J connectivity index is 1.38. The van der Waals surface area contributed by atoms with Crippen molar-refractivity contribution in [3.8, 4) is 16.9 Å². The van der Waals surface area contributed by atoms with Crippen LogP contribution in [0.5, 0.6) is 5.75 Å². The predicted octanol–water partition coefficient (Wildman–Crippen LogP) is 4.10. The van der Waals surface area contributed by atoms with Gasteiger partial charge in [0, 0.05) is 45.3 Å². The van der Waals surface area contributed by atoms with E-state index in [4.69, 9.17) is 9.84 Å². The molecule has 4 rings (SSSR count). The van der Waals surface area contributed by atoms with E-state index >= 15 is 0 Å². The van der Waals surface area contributed by atoms with E-state index in [1.807, 2.05) is 30.3 Å². The molecule has 0 unspecified atom stereocenters. The predicted molar refractivity (Wildman–Crippen MR) is 154 cm³/mol. The first kappa shape index (κ1) is 28.9. The quantitative estimate of drug-likeness (QED) is 0.226. The molecular weight excluding hydrogens is 490 g/mol. The monoisotopic (exact) mass is 531 g/mol. The normalized spacial score (nSPS) is 14.5. The van der Waals surface area contributed by atoms with Crippen molar-refractivity contribution in [3.63, 3.8) is 0 Å². The zero-order chi connectivity index (χ0) is 27.6. The van der Waals surface area contributed by atoms with Crippen LogP contribution in [0.4, 0.5) is 0 Å². The number of benzene rings is 2. The van der Waals surface area contributed by atoms with E-state index in [0.717, 1.165) is 78.0 Å². The van der Waals surface area contributed by atoms with E-state index in [9.17, 15) is 9.90 Å². The lowest BCUT2D eigenvalue weighted by molar-refractivity contribution is 0.0800. The van der Waals surface area contributed by atoms with Gasteiger partial charge in [-0.1, -0.05) is 36.4 Å². The van der Waals surface area contributed by atoms with Crippen LogP contribution in [0, 0.1) is 13.8 Å². The zero-order valence-corrected chi connectivity index (χ0v) is 23.2. The van der Waals surface area contributed by atoms with Crippen molar-refractivity contribution in [2.75, 3.05) is 39.4 Å². The number of pyridine rings is 1. The van der Waals surface area contributed by atoms with Crippen molar-refractivity contribution < 1.29 is 19.7 Å². The summed E-state index contributed by atoms with van der Waals surface area (Å²) in [5.41, 5.74) is 6.82. The molecule has 1 aliphatic rings. The first-order valence-electron chi connectivity index (χ1n) is 14.0. The number of nitrogens with one attached hydrogen (secondary N) is 1. The zero-order valence-electron chi connectivity index (χ0n) is 23.2. The smallest absolute Gasteiger partial charge is 0.185 e. The number of ether oxygens (including phenoxy) is 1. The highest BCUT2D eigenvalue weighted by molar-refractivity contribution is 5.96. The van der Waals surface area contributed by atoms with Crippen LogP contribution < -0.4 is 10.1 Å². The van der Waals surface area contributed by atoms with Gasteiger partial charge in [0.05, 0.1) is 19.3 Å². The highest BCUT2D eigenvalue weighted by Gasteiger charge is 2.17. The number of carbonyl (C=O) groups excluding carboxylic acids is 1. The summed E-state index contributed by atoms with van der Waals surface area (Å²) in [6.07, 6.45) is 4.53. The molecule has 0 atom stereocenters. The molecule has 0 radical (unpaired) electrons. The summed E-state index contributed by atoms with van der Waals surface area (Å²) in [6.45, 7) is 8.93. The molecule has 1 fully saturated rings. The van der Waals surface area contributed by atoms with Gasteiger partial charge in [-0.25, -0.2) is 0 Å². The van der Waals surface area contributed by atoms with Crippen LogP contribution in [0.3, 0.4) is 0 Å². The Kier molecular flexibility index (Phi) is 10.6. The number of carbonyl (C=O) groups is 1. The maximum absolute atomic E-state index is 13.0. The molecule has 0 bridgehead atoms. The van der Waals surface area contributed by atoms with Crippen LogP contribution in [-0.2, 0) is 13.0 Å². The summed E-state index contributed by atoms with van der Waals surface area (Å²) in [5, 5.41) is 21.7. The van der Waals surface area contributed by atoms with Crippen molar-refractivity contribution in [2.24, 2.45) is 0 Å². The first-order valence-corrected chi connectivity index (χ1v) is 14.0. The SMILES string of the molecule is Cc1c(CC(=O)c2ccc(CNCCO)cn2)cccc1-c1cccc(OCCCN2CCC(O)CC2)c1C. The van der Waals surface area contributed by atoms with Crippen LogP contribution in [0.2, 0.25) is 0 Å². The fraction of sp³-hybridized carbons (Fsp3) is 0.438. The van der Waals surface area contributed by atoms with Crippen LogP contribution in [-0.4, -0.2) is 71.4 Å². The third-order valence-corrected chi connectivity index (χ3v) is 7.53. The Morgan fingerprint density at radius 1 is 1.05 bits per heavy atom. The minimum absolute atomic E-state index is 0.0119. The van der Waals surface area contributed by atoms with Gasteiger partial charge in [0.15, 0.2) is 5.78 Å². The number of Topliss-reactive ketones (excluding diaryl/α,β-unsaturated/α-hetero) is 1. The highest BCUT2D eigenvalue weighted by atomic mass is 16.5. The van der Waals surface area contributed by atoms with Crippen molar-refractivity contribution >= 4 is 5.78 Å². The highest BCUT2D eigenvalue weighted by Crippen LogP contribution is 2.33. The number of aliphatic hydroxyl groups excluding tert-OH is 2. The topological polar surface area (TPSA) is 94.9 Å². The fourth-order valence-corrected chi connectivity index (χ4v) is 5.11. The van der Waals surface area contributed by atoms with Gasteiger partial charge < -0.3 is 25.2 Å². The Morgan fingerprint density at radius 2 is 1.79 bits per heavy atom. The molecule has 0 saturated carbocycles. The van der Waals surface area contributed by atoms with Gasteiger partial charge in [-0.2, -0.15) is 0 Å². The summed E-state index contributed by atoms with van der Waals surface area (Å²) >= 11 is 0. The molecule has 208 valence electrons. The van der Waals surface area contributed by atoms with Gasteiger partial charge in [-0.3, -0.25) is 9.78 Å². The van der Waals surface area contributed by atoms with Gasteiger partial charge in [-0.05, 0) is 78.6 Å². The van der Waals surface area contributed by atoms with Crippen LogP contribution in [0.15, 0.2) is 54.7 Å². The van der Waals surface area contributed by atoms with Gasteiger partial charge >= 0.3 is 0 Å². The molecule has 7 heteroatoms. The lowest BCUT2D eigenvalue weighted by Crippen LogP contribution is -2.36. The van der Waals surface area contributed by atoms with Crippen LogP contribution in [0.25, 0.3) is 11.1 Å². The van der Waals surface area contributed by atoms with Gasteiger partial charge in [0.1, 0.15) is 11.4 Å². The minimum atomic E-state index is -0.142. The van der Waals surface area contributed by atoms with Crippen molar-refractivity contribution in [3.05, 3.63) is 82.7 Å². The number of likely N-dealkylation sites (tertiary alicyclic amines) is 1. The third kappa shape index (κ3) is 7.96. The molecule has 0 spiro atoms. The number of nitrogens with zero attached hydrogens (tertiary/aromatic N) is 2. The number of rotatable bonds is 13. The first-order chi connectivity index (χ1) is 19.0. The molecule has 3 N–H and O–H groups in total. The van der Waals surface area contributed by atoms with E-state index in [2.05, 4.69) is 41.2 Å². The molecule has 39 heavy (non-hydrogen) atoms. The van der Waals surface area contributed by atoms with Crippen molar-refractivity contribution in [2.45, 2.75) is 52.2 Å². The summed E-state index contributed by atoms with van der Waals surface area (Å²) < 4.78 is 6.19. The van der Waals surface area contributed by atoms with Gasteiger partial charge in [0.2, 0.25) is 0 Å². The Labute approximate surface area is 231 Å². The number of ketones is 1. The van der Waals surface area contributed by atoms with E-state index in [1.165, 1.54) is 0 Å². The summed E-state index contributed by atoms with van der Waals surface area (Å²) in [6, 6.07) is 16.0. The maximum Gasteiger partial charge on any atom is 0.185 e. The molecule has 1 aliphatic heterocycles. The van der Waals surface area contributed by atoms with Crippen molar-refractivity contribution in [1.29, 1.82) is 0 Å². The molecule has 7 nitrogen and oxygen atoms in total. The molecule has 3 aromatic rings. The van der Waals surface area contributed by atoms with Gasteiger partial charge in [0.25, 0.3) is 0 Å². The summed E-state index contributed by atoms with van der Waals surface area (Å²) in [4.78, 5) is 19.8. The summed E-state index contributed by atoms with van der Waals surface area (Å²) in [7, 11) is 0. The number of hydrogen-bond acceptors (Lipinski definition) is 7. The lowest BCUT2D eigenvalue weighted by atomic mass is 9.91. The third-order valence-electron chi connectivity index (χ3n) is 7.53. The average Bonchev–Trinajstić information content (AvgIpc) is 2.95. The fourth-order valence-electron chi connectivity index (χ4n) is 5.11. The maximum atomic E-state index is 13.0. The molecule has 2 heterocycles. The number of aliphatic hydroxyl groups is 2. The Hall–Kier alpha value is -3.10. The van der Waals surface area contributed by atoms with E-state index in [-0.39, 0.29) is 24.9 Å². The largest absolute Gasteiger partial charge is 0.493 e. The van der Waals surface area contributed by atoms with Crippen LogP contribution in [0.1, 0.15) is 52.0 Å². The molecule has 2 aromatic carbocycles.